The first-order valence-corrected chi connectivity index (χ1v) is 7.08. The van der Waals surface area contributed by atoms with E-state index in [1.54, 1.807) is 37.3 Å². The normalized spacial score (nSPS) is 12.1. The Balaban J connectivity index is 2.31. The third-order valence-corrected chi connectivity index (χ3v) is 3.78. The molecule has 0 spiro atoms. The Bertz CT molecular complexity index is 734. The van der Waals surface area contributed by atoms with Crippen molar-refractivity contribution in [1.29, 1.82) is 0 Å². The van der Waals surface area contributed by atoms with Crippen molar-refractivity contribution in [2.75, 3.05) is 7.05 Å². The molecule has 2 nitrogen and oxygen atoms in total. The summed E-state index contributed by atoms with van der Waals surface area (Å²) < 4.78 is 67.0. The van der Waals surface area contributed by atoms with Crippen molar-refractivity contribution >= 4 is 5.91 Å². The monoisotopic (exact) mass is 343 g/mol. The quantitative estimate of drug-likeness (QED) is 0.465. The van der Waals surface area contributed by atoms with Crippen LogP contribution in [0.1, 0.15) is 22.8 Å². The van der Waals surface area contributed by atoms with Gasteiger partial charge in [-0.05, 0) is 18.9 Å². The highest BCUT2D eigenvalue weighted by Crippen LogP contribution is 2.24. The van der Waals surface area contributed by atoms with Crippen LogP contribution in [0.4, 0.5) is 22.0 Å². The highest BCUT2D eigenvalue weighted by atomic mass is 19.2. The van der Waals surface area contributed by atoms with Crippen molar-refractivity contribution in [2.45, 2.75) is 19.4 Å². The largest absolute Gasteiger partial charge is 0.338 e. The minimum absolute atomic E-state index is 0.360. The van der Waals surface area contributed by atoms with E-state index in [2.05, 4.69) is 0 Å². The fourth-order valence-electron chi connectivity index (χ4n) is 2.26. The molecule has 1 amide bonds. The lowest BCUT2D eigenvalue weighted by Gasteiger charge is -2.25. The van der Waals surface area contributed by atoms with Crippen molar-refractivity contribution < 1.29 is 26.7 Å². The molecule has 7 heteroatoms. The first-order chi connectivity index (χ1) is 11.3. The smallest absolute Gasteiger partial charge is 0.260 e. The molecule has 2 aromatic rings. The molecule has 1 unspecified atom stereocenters. The Morgan fingerprint density at radius 1 is 0.917 bits per heavy atom. The van der Waals surface area contributed by atoms with Crippen molar-refractivity contribution in [3.05, 3.63) is 70.5 Å². The molecular weight excluding hydrogens is 329 g/mol. The SMILES string of the molecule is CC(Cc1ccccc1)N(C)C(=O)c1c(F)c(F)c(F)c(F)c1F. The fourth-order valence-corrected chi connectivity index (χ4v) is 2.26. The van der Waals surface area contributed by atoms with Gasteiger partial charge in [0.25, 0.3) is 5.91 Å². The summed E-state index contributed by atoms with van der Waals surface area (Å²) in [6.45, 7) is 1.61. The molecule has 0 saturated heterocycles. The maximum Gasteiger partial charge on any atom is 0.260 e. The predicted octanol–water partition coefficient (Wildman–Crippen LogP) is 4.09. The van der Waals surface area contributed by atoms with Gasteiger partial charge in [-0.25, -0.2) is 22.0 Å². The third kappa shape index (κ3) is 3.25. The van der Waals surface area contributed by atoms with E-state index in [1.165, 1.54) is 7.05 Å². The Morgan fingerprint density at radius 3 is 1.88 bits per heavy atom. The van der Waals surface area contributed by atoms with Crippen LogP contribution in [0.5, 0.6) is 0 Å². The molecule has 1 atom stereocenters. The molecule has 24 heavy (non-hydrogen) atoms. The summed E-state index contributed by atoms with van der Waals surface area (Å²) in [5.41, 5.74) is -0.587. The van der Waals surface area contributed by atoms with Crippen LogP contribution >= 0.6 is 0 Å². The summed E-state index contributed by atoms with van der Waals surface area (Å²) in [6, 6.07) is 8.45. The number of carbonyl (C=O) groups is 1. The summed E-state index contributed by atoms with van der Waals surface area (Å²) in [7, 11) is 1.24. The van der Waals surface area contributed by atoms with Gasteiger partial charge in [-0.15, -0.1) is 0 Å². The van der Waals surface area contributed by atoms with Crippen LogP contribution in [0.2, 0.25) is 0 Å². The van der Waals surface area contributed by atoms with E-state index in [-0.39, 0.29) is 0 Å². The van der Waals surface area contributed by atoms with Crippen molar-refractivity contribution in [3.63, 3.8) is 0 Å². The summed E-state index contributed by atoms with van der Waals surface area (Å²) in [4.78, 5) is 13.2. The van der Waals surface area contributed by atoms with E-state index in [0.29, 0.717) is 6.42 Å². The molecule has 0 saturated carbocycles. The first kappa shape index (κ1) is 17.9. The number of nitrogens with zero attached hydrogens (tertiary/aromatic N) is 1. The van der Waals surface area contributed by atoms with E-state index in [9.17, 15) is 26.7 Å². The second kappa shape index (κ2) is 6.98. The number of hydrogen-bond acceptors (Lipinski definition) is 1. The van der Waals surface area contributed by atoms with Gasteiger partial charge in [0.1, 0.15) is 5.56 Å². The maximum atomic E-state index is 13.7. The number of rotatable bonds is 4. The summed E-state index contributed by atoms with van der Waals surface area (Å²) in [5, 5.41) is 0. The molecule has 2 aromatic carbocycles. The zero-order valence-electron chi connectivity index (χ0n) is 12.9. The van der Waals surface area contributed by atoms with Gasteiger partial charge in [0.15, 0.2) is 23.3 Å². The van der Waals surface area contributed by atoms with Crippen LogP contribution in [0.25, 0.3) is 0 Å². The summed E-state index contributed by atoms with van der Waals surface area (Å²) in [5.74, 6) is -12.1. The summed E-state index contributed by atoms with van der Waals surface area (Å²) >= 11 is 0. The van der Waals surface area contributed by atoms with Crippen LogP contribution in [0.15, 0.2) is 30.3 Å². The van der Waals surface area contributed by atoms with Crippen molar-refractivity contribution in [3.8, 4) is 0 Å². The van der Waals surface area contributed by atoms with E-state index >= 15 is 0 Å². The highest BCUT2D eigenvalue weighted by Gasteiger charge is 2.32. The molecular formula is C17H14F5NO. The minimum Gasteiger partial charge on any atom is -0.338 e. The molecule has 0 N–H and O–H groups in total. The zero-order chi connectivity index (χ0) is 18.0. The minimum atomic E-state index is -2.29. The lowest BCUT2D eigenvalue weighted by Crippen LogP contribution is -2.37. The number of benzene rings is 2. The van der Waals surface area contributed by atoms with Gasteiger partial charge < -0.3 is 4.90 Å². The van der Waals surface area contributed by atoms with Crippen molar-refractivity contribution in [1.82, 2.24) is 4.90 Å². The van der Waals surface area contributed by atoms with E-state index in [0.717, 1.165) is 10.5 Å². The molecule has 0 heterocycles. The zero-order valence-corrected chi connectivity index (χ0v) is 12.9. The molecule has 0 fully saturated rings. The lowest BCUT2D eigenvalue weighted by atomic mass is 10.0. The van der Waals surface area contributed by atoms with E-state index in [1.807, 2.05) is 0 Å². The topological polar surface area (TPSA) is 20.3 Å². The Morgan fingerprint density at radius 2 is 1.38 bits per heavy atom. The van der Waals surface area contributed by atoms with Gasteiger partial charge >= 0.3 is 0 Å². The fraction of sp³-hybridized carbons (Fsp3) is 0.235. The van der Waals surface area contributed by atoms with Crippen LogP contribution in [-0.4, -0.2) is 23.9 Å². The number of amides is 1. The van der Waals surface area contributed by atoms with Gasteiger partial charge in [0, 0.05) is 13.1 Å². The second-order valence-electron chi connectivity index (χ2n) is 5.40. The van der Waals surface area contributed by atoms with Gasteiger partial charge in [0.05, 0.1) is 0 Å². The third-order valence-electron chi connectivity index (χ3n) is 3.78. The van der Waals surface area contributed by atoms with Gasteiger partial charge in [0.2, 0.25) is 5.82 Å². The molecule has 128 valence electrons. The van der Waals surface area contributed by atoms with Gasteiger partial charge in [-0.2, -0.15) is 0 Å². The molecule has 0 radical (unpaired) electrons. The molecule has 0 aromatic heterocycles. The van der Waals surface area contributed by atoms with Crippen LogP contribution in [0.3, 0.4) is 0 Å². The molecule has 2 rings (SSSR count). The Labute approximate surface area is 135 Å². The van der Waals surface area contributed by atoms with Crippen LogP contribution in [-0.2, 0) is 6.42 Å². The van der Waals surface area contributed by atoms with Crippen LogP contribution in [0, 0.1) is 29.1 Å². The number of carbonyl (C=O) groups excluding carboxylic acids is 1. The lowest BCUT2D eigenvalue weighted by molar-refractivity contribution is 0.0730. The van der Waals surface area contributed by atoms with Gasteiger partial charge in [-0.1, -0.05) is 30.3 Å². The first-order valence-electron chi connectivity index (χ1n) is 7.08. The van der Waals surface area contributed by atoms with E-state index < -0.39 is 46.6 Å². The Kier molecular flexibility index (Phi) is 5.21. The maximum absolute atomic E-state index is 13.7. The average molecular weight is 343 g/mol. The number of likely N-dealkylation sites (N-methyl/N-ethyl adjacent to an activating group) is 1. The molecule has 0 aliphatic rings. The molecule has 0 aliphatic heterocycles. The number of halogens is 5. The second-order valence-corrected chi connectivity index (χ2v) is 5.40. The standard InChI is InChI=1S/C17H14F5NO/c1-9(8-10-6-4-3-5-7-10)23(2)17(24)11-12(18)14(20)16(22)15(21)13(11)19/h3-7,9H,8H2,1-2H3. The Hall–Kier alpha value is -2.44. The van der Waals surface area contributed by atoms with Gasteiger partial charge in [-0.3, -0.25) is 4.79 Å². The molecule has 0 bridgehead atoms. The van der Waals surface area contributed by atoms with Crippen LogP contribution < -0.4 is 0 Å². The van der Waals surface area contributed by atoms with Crippen molar-refractivity contribution in [2.24, 2.45) is 0 Å². The predicted molar refractivity (Wildman–Crippen MR) is 77.9 cm³/mol. The average Bonchev–Trinajstić information content (AvgIpc) is 2.58. The molecule has 0 aliphatic carbocycles. The van der Waals surface area contributed by atoms with E-state index in [4.69, 9.17) is 0 Å². The summed E-state index contributed by atoms with van der Waals surface area (Å²) in [6.07, 6.45) is 0.360. The number of hydrogen-bond donors (Lipinski definition) is 0. The highest BCUT2D eigenvalue weighted by molar-refractivity contribution is 5.95.